The van der Waals surface area contributed by atoms with Crippen LogP contribution in [0.1, 0.15) is 43.9 Å². The number of alkyl halides is 3. The van der Waals surface area contributed by atoms with Crippen molar-refractivity contribution in [2.24, 2.45) is 0 Å². The van der Waals surface area contributed by atoms with Crippen molar-refractivity contribution in [3.05, 3.63) is 17.5 Å². The molecule has 21 heavy (non-hydrogen) atoms. The minimum absolute atomic E-state index is 0.261. The number of aromatic amines is 1. The van der Waals surface area contributed by atoms with Crippen molar-refractivity contribution in [3.8, 4) is 0 Å². The molecule has 1 aromatic heterocycles. The number of hydrogen-bond donors (Lipinski definition) is 2. The van der Waals surface area contributed by atoms with Gasteiger partial charge in [0.15, 0.2) is 5.69 Å². The number of halogens is 3. The van der Waals surface area contributed by atoms with Gasteiger partial charge in [0.05, 0.1) is 0 Å². The first-order valence-corrected chi connectivity index (χ1v) is 6.79. The van der Waals surface area contributed by atoms with Crippen LogP contribution in [0.3, 0.4) is 0 Å². The van der Waals surface area contributed by atoms with Crippen LogP contribution >= 0.6 is 0 Å². The fourth-order valence-corrected chi connectivity index (χ4v) is 2.09. The number of carbonyl (C=O) groups excluding carboxylic acids is 1. The van der Waals surface area contributed by atoms with Gasteiger partial charge in [-0.2, -0.15) is 18.3 Å². The average Bonchev–Trinajstić information content (AvgIpc) is 2.82. The van der Waals surface area contributed by atoms with Crippen LogP contribution in [0.4, 0.5) is 13.2 Å². The van der Waals surface area contributed by atoms with Gasteiger partial charge in [0.1, 0.15) is 5.69 Å². The highest BCUT2D eigenvalue weighted by Gasteiger charge is 2.33. The molecule has 0 aliphatic carbocycles. The van der Waals surface area contributed by atoms with Gasteiger partial charge in [-0.25, -0.2) is 0 Å². The van der Waals surface area contributed by atoms with Crippen molar-refractivity contribution in [2.45, 2.75) is 46.0 Å². The molecule has 2 N–H and O–H groups in total. The highest BCUT2D eigenvalue weighted by molar-refractivity contribution is 5.92. The molecule has 0 saturated carbocycles. The molecule has 0 unspecified atom stereocenters. The largest absolute Gasteiger partial charge is 0.432 e. The molecule has 0 atom stereocenters. The molecule has 0 aliphatic rings. The molecule has 0 aromatic carbocycles. The van der Waals surface area contributed by atoms with E-state index in [1.54, 1.807) is 0 Å². The van der Waals surface area contributed by atoms with E-state index in [4.69, 9.17) is 0 Å². The van der Waals surface area contributed by atoms with Gasteiger partial charge in [-0.15, -0.1) is 0 Å². The van der Waals surface area contributed by atoms with E-state index >= 15 is 0 Å². The van der Waals surface area contributed by atoms with Crippen LogP contribution in [0.5, 0.6) is 0 Å². The molecule has 1 rings (SSSR count). The van der Waals surface area contributed by atoms with Crippen LogP contribution in [-0.2, 0) is 6.18 Å². The summed E-state index contributed by atoms with van der Waals surface area (Å²) in [5.41, 5.74) is -1.29. The quantitative estimate of drug-likeness (QED) is 0.847. The summed E-state index contributed by atoms with van der Waals surface area (Å²) < 4.78 is 37.2. The number of amides is 1. The SMILES string of the molecule is CC(C)N(CCNC(=O)c1cc(C(F)(F)F)[nH]n1)C(C)C. The second-order valence-electron chi connectivity index (χ2n) is 5.35. The van der Waals surface area contributed by atoms with Gasteiger partial charge >= 0.3 is 6.18 Å². The Labute approximate surface area is 121 Å². The number of nitrogens with zero attached hydrogens (tertiary/aromatic N) is 2. The second kappa shape index (κ2) is 6.93. The maximum atomic E-state index is 12.4. The Kier molecular flexibility index (Phi) is 5.77. The molecule has 0 spiro atoms. The third kappa shape index (κ3) is 5.04. The normalized spacial score (nSPS) is 12.5. The summed E-state index contributed by atoms with van der Waals surface area (Å²) in [7, 11) is 0. The minimum Gasteiger partial charge on any atom is -0.349 e. The molecule has 0 fully saturated rings. The van der Waals surface area contributed by atoms with E-state index < -0.39 is 17.8 Å². The number of aromatic nitrogens is 2. The number of nitrogens with one attached hydrogen (secondary N) is 2. The lowest BCUT2D eigenvalue weighted by atomic mass is 10.2. The van der Waals surface area contributed by atoms with Crippen LogP contribution in [0, 0.1) is 0 Å². The van der Waals surface area contributed by atoms with Crippen LogP contribution in [0.2, 0.25) is 0 Å². The fraction of sp³-hybridized carbons (Fsp3) is 0.692. The second-order valence-corrected chi connectivity index (χ2v) is 5.35. The van der Waals surface area contributed by atoms with Crippen LogP contribution in [-0.4, -0.2) is 46.2 Å². The zero-order chi connectivity index (χ0) is 16.2. The van der Waals surface area contributed by atoms with E-state index in [0.29, 0.717) is 31.2 Å². The predicted molar refractivity (Wildman–Crippen MR) is 72.9 cm³/mol. The predicted octanol–water partition coefficient (Wildman–Crippen LogP) is 2.28. The van der Waals surface area contributed by atoms with Gasteiger partial charge < -0.3 is 5.32 Å². The van der Waals surface area contributed by atoms with E-state index in [1.165, 1.54) is 0 Å². The zero-order valence-electron chi connectivity index (χ0n) is 12.6. The van der Waals surface area contributed by atoms with E-state index in [2.05, 4.69) is 15.3 Å². The lowest BCUT2D eigenvalue weighted by Crippen LogP contribution is -2.42. The standard InChI is InChI=1S/C13H21F3N4O/c1-8(2)20(9(3)4)6-5-17-12(21)10-7-11(19-18-10)13(14,15)16/h7-9H,5-6H2,1-4H3,(H,17,21)(H,18,19). The van der Waals surface area contributed by atoms with E-state index in [0.717, 1.165) is 0 Å². The first-order valence-electron chi connectivity index (χ1n) is 6.79. The molecule has 1 aromatic rings. The number of H-pyrrole nitrogens is 1. The highest BCUT2D eigenvalue weighted by Crippen LogP contribution is 2.27. The Bertz CT molecular complexity index is 460. The van der Waals surface area contributed by atoms with Crippen molar-refractivity contribution < 1.29 is 18.0 Å². The Morgan fingerprint density at radius 2 is 1.90 bits per heavy atom. The number of hydrogen-bond acceptors (Lipinski definition) is 3. The molecule has 8 heteroatoms. The lowest BCUT2D eigenvalue weighted by molar-refractivity contribution is -0.141. The molecular weight excluding hydrogens is 285 g/mol. The molecule has 1 heterocycles. The third-order valence-electron chi connectivity index (χ3n) is 3.10. The average molecular weight is 306 g/mol. The minimum atomic E-state index is -4.53. The van der Waals surface area contributed by atoms with Crippen LogP contribution < -0.4 is 5.32 Å². The summed E-state index contributed by atoms with van der Waals surface area (Å²) in [4.78, 5) is 13.9. The first kappa shape index (κ1) is 17.5. The van der Waals surface area contributed by atoms with Gasteiger partial charge in [-0.1, -0.05) is 0 Å². The summed E-state index contributed by atoms with van der Waals surface area (Å²) in [5, 5.41) is 7.77. The Morgan fingerprint density at radius 1 is 1.33 bits per heavy atom. The first-order chi connectivity index (χ1) is 9.62. The molecule has 5 nitrogen and oxygen atoms in total. The van der Waals surface area contributed by atoms with Crippen molar-refractivity contribution >= 4 is 5.91 Å². The van der Waals surface area contributed by atoms with Gasteiger partial charge in [0, 0.05) is 31.2 Å². The fourth-order valence-electron chi connectivity index (χ4n) is 2.09. The van der Waals surface area contributed by atoms with Gasteiger partial charge in [-0.3, -0.25) is 14.8 Å². The molecule has 0 bridgehead atoms. The molecule has 0 radical (unpaired) electrons. The Hall–Kier alpha value is -1.57. The van der Waals surface area contributed by atoms with Gasteiger partial charge in [0.2, 0.25) is 0 Å². The lowest BCUT2D eigenvalue weighted by Gasteiger charge is -2.30. The van der Waals surface area contributed by atoms with Crippen molar-refractivity contribution in [3.63, 3.8) is 0 Å². The number of carbonyl (C=O) groups is 1. The summed E-state index contributed by atoms with van der Waals surface area (Å²) in [6.45, 7) is 9.16. The molecule has 1 amide bonds. The number of rotatable bonds is 6. The monoisotopic (exact) mass is 306 g/mol. The summed E-state index contributed by atoms with van der Waals surface area (Å²) >= 11 is 0. The summed E-state index contributed by atoms with van der Waals surface area (Å²) in [6, 6.07) is 1.35. The van der Waals surface area contributed by atoms with E-state index in [1.807, 2.05) is 32.8 Å². The van der Waals surface area contributed by atoms with Crippen molar-refractivity contribution in [1.82, 2.24) is 20.4 Å². The van der Waals surface area contributed by atoms with Crippen LogP contribution in [0.25, 0.3) is 0 Å². The zero-order valence-corrected chi connectivity index (χ0v) is 12.6. The topological polar surface area (TPSA) is 61.0 Å². The summed E-state index contributed by atoms with van der Waals surface area (Å²) in [5.74, 6) is -0.616. The van der Waals surface area contributed by atoms with Crippen molar-refractivity contribution in [2.75, 3.05) is 13.1 Å². The molecular formula is C13H21F3N4O. The van der Waals surface area contributed by atoms with Crippen molar-refractivity contribution in [1.29, 1.82) is 0 Å². The molecule has 120 valence electrons. The van der Waals surface area contributed by atoms with E-state index in [9.17, 15) is 18.0 Å². The Balaban J connectivity index is 2.53. The smallest absolute Gasteiger partial charge is 0.349 e. The van der Waals surface area contributed by atoms with Gasteiger partial charge in [0.25, 0.3) is 5.91 Å². The summed E-state index contributed by atoms with van der Waals surface area (Å²) in [6.07, 6.45) is -4.53. The van der Waals surface area contributed by atoms with Gasteiger partial charge in [-0.05, 0) is 27.7 Å². The maximum absolute atomic E-state index is 12.4. The molecule has 0 aliphatic heterocycles. The highest BCUT2D eigenvalue weighted by atomic mass is 19.4. The molecule has 0 saturated heterocycles. The Morgan fingerprint density at radius 3 is 2.33 bits per heavy atom. The third-order valence-corrected chi connectivity index (χ3v) is 3.10. The maximum Gasteiger partial charge on any atom is 0.432 e. The van der Waals surface area contributed by atoms with Crippen LogP contribution in [0.15, 0.2) is 6.07 Å². The van der Waals surface area contributed by atoms with E-state index in [-0.39, 0.29) is 5.69 Å².